The summed E-state index contributed by atoms with van der Waals surface area (Å²) in [5, 5.41) is 10.5. The Hall–Kier alpha value is -1.86. The minimum atomic E-state index is -0.355. The highest BCUT2D eigenvalue weighted by Crippen LogP contribution is 2.34. The van der Waals surface area contributed by atoms with E-state index in [9.17, 15) is 5.11 Å². The highest BCUT2D eigenvalue weighted by atomic mass is 16.3. The first-order chi connectivity index (χ1) is 9.84. The predicted octanol–water partition coefficient (Wildman–Crippen LogP) is 4.39. The number of aryl methyl sites for hydroxylation is 1. The van der Waals surface area contributed by atoms with Crippen LogP contribution >= 0.6 is 0 Å². The summed E-state index contributed by atoms with van der Waals surface area (Å²) in [7, 11) is 0. The van der Waals surface area contributed by atoms with E-state index in [0.29, 0.717) is 0 Å². The molecule has 1 aliphatic carbocycles. The van der Waals surface area contributed by atoms with Gasteiger partial charge in [-0.2, -0.15) is 0 Å². The predicted molar refractivity (Wildman–Crippen MR) is 83.3 cm³/mol. The standard InChI is InChI=1S/C19H20O/c20-19-17(11-6-9-15-7-2-1-3-8-15)14-13-16-10-4-5-12-18(16)19/h1-5,7-8,10,12-14,17,19-20H,6,9,11H2/t17-,19-/m0/s1. The van der Waals surface area contributed by atoms with Crippen molar-refractivity contribution in [1.82, 2.24) is 0 Å². The fraction of sp³-hybridized carbons (Fsp3) is 0.263. The Morgan fingerprint density at radius 2 is 1.65 bits per heavy atom. The van der Waals surface area contributed by atoms with Gasteiger partial charge in [-0.15, -0.1) is 0 Å². The van der Waals surface area contributed by atoms with Gasteiger partial charge in [0.25, 0.3) is 0 Å². The summed E-state index contributed by atoms with van der Waals surface area (Å²) in [4.78, 5) is 0. The minimum absolute atomic E-state index is 0.244. The smallest absolute Gasteiger partial charge is 0.0858 e. The summed E-state index contributed by atoms with van der Waals surface area (Å²) in [6.07, 6.45) is 7.18. The van der Waals surface area contributed by atoms with Gasteiger partial charge in [0.2, 0.25) is 0 Å². The van der Waals surface area contributed by atoms with Gasteiger partial charge in [-0.3, -0.25) is 0 Å². The van der Waals surface area contributed by atoms with Crippen LogP contribution in [0.4, 0.5) is 0 Å². The van der Waals surface area contributed by atoms with Gasteiger partial charge >= 0.3 is 0 Å². The van der Waals surface area contributed by atoms with E-state index in [4.69, 9.17) is 0 Å². The van der Waals surface area contributed by atoms with E-state index in [1.807, 2.05) is 24.3 Å². The molecule has 0 unspecified atom stereocenters. The molecule has 2 atom stereocenters. The molecule has 0 radical (unpaired) electrons. The SMILES string of the molecule is O[C@@H]1c2ccccc2C=C[C@@H]1CCCc1ccccc1. The number of rotatable bonds is 4. The number of hydrogen-bond acceptors (Lipinski definition) is 1. The molecule has 0 heterocycles. The third kappa shape index (κ3) is 2.83. The fourth-order valence-electron chi connectivity index (χ4n) is 2.94. The molecule has 0 bridgehead atoms. The molecule has 0 aliphatic heterocycles. The van der Waals surface area contributed by atoms with Crippen molar-refractivity contribution in [3.63, 3.8) is 0 Å². The lowest BCUT2D eigenvalue weighted by Crippen LogP contribution is -2.15. The maximum atomic E-state index is 10.5. The number of aliphatic hydroxyl groups is 1. The summed E-state index contributed by atoms with van der Waals surface area (Å²) < 4.78 is 0. The first kappa shape index (κ1) is 13.1. The summed E-state index contributed by atoms with van der Waals surface area (Å²) >= 11 is 0. The highest BCUT2D eigenvalue weighted by Gasteiger charge is 2.23. The molecule has 1 aliphatic rings. The highest BCUT2D eigenvalue weighted by molar-refractivity contribution is 5.57. The number of hydrogen-bond donors (Lipinski definition) is 1. The third-order valence-corrected chi connectivity index (χ3v) is 4.09. The van der Waals surface area contributed by atoms with E-state index in [1.54, 1.807) is 0 Å². The minimum Gasteiger partial charge on any atom is -0.388 e. The summed E-state index contributed by atoms with van der Waals surface area (Å²) in [5.74, 6) is 0.244. The van der Waals surface area contributed by atoms with Crippen molar-refractivity contribution in [2.45, 2.75) is 25.4 Å². The van der Waals surface area contributed by atoms with E-state index in [2.05, 4.69) is 42.5 Å². The Kier molecular flexibility index (Phi) is 3.98. The van der Waals surface area contributed by atoms with E-state index >= 15 is 0 Å². The monoisotopic (exact) mass is 264 g/mol. The second-order valence-electron chi connectivity index (χ2n) is 5.47. The zero-order chi connectivity index (χ0) is 13.8. The van der Waals surface area contributed by atoms with Crippen molar-refractivity contribution >= 4 is 6.08 Å². The molecule has 0 saturated heterocycles. The average molecular weight is 264 g/mol. The molecule has 20 heavy (non-hydrogen) atoms. The van der Waals surface area contributed by atoms with Gasteiger partial charge in [0.1, 0.15) is 0 Å². The zero-order valence-electron chi connectivity index (χ0n) is 11.6. The maximum absolute atomic E-state index is 10.5. The second-order valence-corrected chi connectivity index (χ2v) is 5.47. The van der Waals surface area contributed by atoms with Crippen LogP contribution in [-0.2, 0) is 6.42 Å². The Bertz CT molecular complexity index is 586. The lowest BCUT2D eigenvalue weighted by molar-refractivity contribution is 0.124. The van der Waals surface area contributed by atoms with E-state index in [0.717, 1.165) is 30.4 Å². The van der Waals surface area contributed by atoms with E-state index in [1.165, 1.54) is 5.56 Å². The van der Waals surface area contributed by atoms with Crippen molar-refractivity contribution in [2.24, 2.45) is 5.92 Å². The molecule has 0 aromatic heterocycles. The van der Waals surface area contributed by atoms with Gasteiger partial charge in [0.05, 0.1) is 6.10 Å². The Morgan fingerprint density at radius 1 is 0.900 bits per heavy atom. The van der Waals surface area contributed by atoms with Crippen LogP contribution in [0.1, 0.15) is 35.6 Å². The second kappa shape index (κ2) is 6.06. The van der Waals surface area contributed by atoms with Crippen LogP contribution in [0.3, 0.4) is 0 Å². The molecule has 2 aromatic carbocycles. The molecule has 1 N–H and O–H groups in total. The van der Waals surface area contributed by atoms with Crippen molar-refractivity contribution < 1.29 is 5.11 Å². The van der Waals surface area contributed by atoms with Gasteiger partial charge < -0.3 is 5.11 Å². The van der Waals surface area contributed by atoms with Crippen LogP contribution in [0, 0.1) is 5.92 Å². The van der Waals surface area contributed by atoms with E-state index in [-0.39, 0.29) is 12.0 Å². The number of fused-ring (bicyclic) bond motifs is 1. The van der Waals surface area contributed by atoms with Crippen LogP contribution in [0.15, 0.2) is 60.7 Å². The van der Waals surface area contributed by atoms with Gasteiger partial charge in [-0.05, 0) is 36.0 Å². The van der Waals surface area contributed by atoms with Crippen molar-refractivity contribution in [3.8, 4) is 0 Å². The lowest BCUT2D eigenvalue weighted by Gasteiger charge is -2.25. The van der Waals surface area contributed by atoms with Gasteiger partial charge in [-0.25, -0.2) is 0 Å². The molecule has 0 spiro atoms. The van der Waals surface area contributed by atoms with Crippen molar-refractivity contribution in [1.29, 1.82) is 0 Å². The topological polar surface area (TPSA) is 20.2 Å². The molecular weight excluding hydrogens is 244 g/mol. The number of benzene rings is 2. The maximum Gasteiger partial charge on any atom is 0.0858 e. The first-order valence-corrected chi connectivity index (χ1v) is 7.34. The summed E-state index contributed by atoms with van der Waals surface area (Å²) in [6, 6.07) is 18.7. The third-order valence-electron chi connectivity index (χ3n) is 4.09. The van der Waals surface area contributed by atoms with Crippen LogP contribution in [-0.4, -0.2) is 5.11 Å². The first-order valence-electron chi connectivity index (χ1n) is 7.34. The van der Waals surface area contributed by atoms with Crippen molar-refractivity contribution in [2.75, 3.05) is 0 Å². The largest absolute Gasteiger partial charge is 0.388 e. The molecule has 102 valence electrons. The molecule has 1 heteroatoms. The van der Waals surface area contributed by atoms with Crippen LogP contribution in [0.25, 0.3) is 6.08 Å². The normalized spacial score (nSPS) is 20.6. The quantitative estimate of drug-likeness (QED) is 0.868. The molecule has 1 nitrogen and oxygen atoms in total. The fourth-order valence-corrected chi connectivity index (χ4v) is 2.94. The Balaban J connectivity index is 1.60. The van der Waals surface area contributed by atoms with Gasteiger partial charge in [0.15, 0.2) is 0 Å². The Labute approximate surface area is 120 Å². The van der Waals surface area contributed by atoms with Crippen LogP contribution in [0.2, 0.25) is 0 Å². The average Bonchev–Trinajstić information content (AvgIpc) is 2.51. The van der Waals surface area contributed by atoms with Crippen molar-refractivity contribution in [3.05, 3.63) is 77.4 Å². The number of aliphatic hydroxyl groups excluding tert-OH is 1. The molecule has 0 amide bonds. The lowest BCUT2D eigenvalue weighted by atomic mass is 9.84. The molecule has 0 fully saturated rings. The van der Waals surface area contributed by atoms with Crippen LogP contribution < -0.4 is 0 Å². The summed E-state index contributed by atoms with van der Waals surface area (Å²) in [6.45, 7) is 0. The molecule has 2 aromatic rings. The Morgan fingerprint density at radius 3 is 2.50 bits per heavy atom. The molecule has 0 saturated carbocycles. The van der Waals surface area contributed by atoms with Gasteiger partial charge in [0, 0.05) is 5.92 Å². The van der Waals surface area contributed by atoms with E-state index < -0.39 is 0 Å². The molecule has 3 rings (SSSR count). The zero-order valence-corrected chi connectivity index (χ0v) is 11.6. The van der Waals surface area contributed by atoms with Crippen LogP contribution in [0.5, 0.6) is 0 Å². The molecular formula is C19H20O. The summed E-state index contributed by atoms with van der Waals surface area (Å²) in [5.41, 5.74) is 3.60. The van der Waals surface area contributed by atoms with Gasteiger partial charge in [-0.1, -0.05) is 66.7 Å².